The fourth-order valence-electron chi connectivity index (χ4n) is 2.85. The SMILES string of the molecule is Cc1nn(C)c2c1nc(CCCl)n2CCN(C)C1CC1. The highest BCUT2D eigenvalue weighted by Crippen LogP contribution is 2.25. The monoisotopic (exact) mass is 295 g/mol. The summed E-state index contributed by atoms with van der Waals surface area (Å²) in [6, 6.07) is 0.791. The van der Waals surface area contributed by atoms with Gasteiger partial charge < -0.3 is 9.47 Å². The number of fused-ring (bicyclic) bond motifs is 1. The Bertz CT molecular complexity index is 611. The van der Waals surface area contributed by atoms with Crippen LogP contribution in [0.5, 0.6) is 0 Å². The molecule has 3 rings (SSSR count). The molecule has 1 aliphatic carbocycles. The zero-order chi connectivity index (χ0) is 14.3. The first-order chi connectivity index (χ1) is 9.61. The van der Waals surface area contributed by atoms with Crippen molar-refractivity contribution in [3.63, 3.8) is 0 Å². The number of likely N-dealkylation sites (N-methyl/N-ethyl adjacent to an activating group) is 1. The Morgan fingerprint density at radius 3 is 2.80 bits per heavy atom. The first kappa shape index (κ1) is 13.9. The van der Waals surface area contributed by atoms with Gasteiger partial charge in [-0.05, 0) is 26.8 Å². The van der Waals surface area contributed by atoms with E-state index in [-0.39, 0.29) is 0 Å². The van der Waals surface area contributed by atoms with Gasteiger partial charge in [-0.1, -0.05) is 0 Å². The predicted molar refractivity (Wildman–Crippen MR) is 81.3 cm³/mol. The van der Waals surface area contributed by atoms with Gasteiger partial charge in [-0.15, -0.1) is 11.6 Å². The van der Waals surface area contributed by atoms with E-state index in [1.807, 2.05) is 18.7 Å². The lowest BCUT2D eigenvalue weighted by atomic mass is 10.4. The summed E-state index contributed by atoms with van der Waals surface area (Å²) < 4.78 is 4.23. The standard InChI is InChI=1S/C14H22ClN5/c1-10-13-14(19(3)17-10)20(12(16-13)6-7-15)9-8-18(2)11-4-5-11/h11H,4-9H2,1-3H3. The molecular weight excluding hydrogens is 274 g/mol. The molecule has 2 aromatic heterocycles. The Morgan fingerprint density at radius 2 is 2.15 bits per heavy atom. The van der Waals surface area contributed by atoms with Crippen LogP contribution in [0.2, 0.25) is 0 Å². The lowest BCUT2D eigenvalue weighted by Crippen LogP contribution is -2.26. The largest absolute Gasteiger partial charge is 0.312 e. The van der Waals surface area contributed by atoms with Crippen molar-refractivity contribution in [1.82, 2.24) is 24.2 Å². The molecule has 0 N–H and O–H groups in total. The molecule has 110 valence electrons. The number of aryl methyl sites for hydroxylation is 3. The number of hydrogen-bond donors (Lipinski definition) is 0. The van der Waals surface area contributed by atoms with Gasteiger partial charge in [0.25, 0.3) is 0 Å². The maximum Gasteiger partial charge on any atom is 0.158 e. The number of rotatable bonds is 6. The first-order valence-corrected chi connectivity index (χ1v) is 7.80. The number of nitrogens with zero attached hydrogens (tertiary/aromatic N) is 5. The zero-order valence-corrected chi connectivity index (χ0v) is 13.2. The molecule has 1 fully saturated rings. The fourth-order valence-corrected chi connectivity index (χ4v) is 3.01. The Morgan fingerprint density at radius 1 is 1.40 bits per heavy atom. The van der Waals surface area contributed by atoms with Crippen LogP contribution in [0.4, 0.5) is 0 Å². The Labute approximate surface area is 124 Å². The minimum atomic E-state index is 0.605. The third-order valence-electron chi connectivity index (χ3n) is 4.13. The number of imidazole rings is 1. The molecule has 0 aromatic carbocycles. The van der Waals surface area contributed by atoms with Crippen LogP contribution >= 0.6 is 11.6 Å². The van der Waals surface area contributed by atoms with Crippen LogP contribution < -0.4 is 0 Å². The summed E-state index contributed by atoms with van der Waals surface area (Å²) in [5.41, 5.74) is 3.13. The van der Waals surface area contributed by atoms with Crippen LogP contribution in [0, 0.1) is 6.92 Å². The molecule has 20 heavy (non-hydrogen) atoms. The molecule has 5 nitrogen and oxygen atoms in total. The molecule has 0 atom stereocenters. The molecule has 0 spiro atoms. The first-order valence-electron chi connectivity index (χ1n) is 7.26. The van der Waals surface area contributed by atoms with Crippen molar-refractivity contribution in [1.29, 1.82) is 0 Å². The number of hydrogen-bond acceptors (Lipinski definition) is 3. The van der Waals surface area contributed by atoms with E-state index in [0.29, 0.717) is 5.88 Å². The van der Waals surface area contributed by atoms with Gasteiger partial charge in [0.05, 0.1) is 5.69 Å². The van der Waals surface area contributed by atoms with Crippen molar-refractivity contribution in [2.24, 2.45) is 7.05 Å². The van der Waals surface area contributed by atoms with Gasteiger partial charge >= 0.3 is 0 Å². The second kappa shape index (κ2) is 5.37. The van der Waals surface area contributed by atoms with Crippen molar-refractivity contribution < 1.29 is 0 Å². The van der Waals surface area contributed by atoms with Crippen LogP contribution in [-0.4, -0.2) is 49.7 Å². The second-order valence-corrected chi connectivity index (χ2v) is 6.09. The van der Waals surface area contributed by atoms with Gasteiger partial charge in [-0.25, -0.2) is 4.98 Å². The van der Waals surface area contributed by atoms with Crippen LogP contribution in [-0.2, 0) is 20.0 Å². The summed E-state index contributed by atoms with van der Waals surface area (Å²) in [4.78, 5) is 7.18. The smallest absolute Gasteiger partial charge is 0.158 e. The lowest BCUT2D eigenvalue weighted by Gasteiger charge is -2.17. The fraction of sp³-hybridized carbons (Fsp3) is 0.714. The topological polar surface area (TPSA) is 38.9 Å². The van der Waals surface area contributed by atoms with Crippen LogP contribution in [0.3, 0.4) is 0 Å². The van der Waals surface area contributed by atoms with E-state index in [4.69, 9.17) is 16.6 Å². The summed E-state index contributed by atoms with van der Waals surface area (Å²) >= 11 is 5.92. The molecule has 2 heterocycles. The minimum Gasteiger partial charge on any atom is -0.312 e. The molecule has 0 radical (unpaired) electrons. The molecule has 0 aliphatic heterocycles. The molecule has 6 heteroatoms. The summed E-state index contributed by atoms with van der Waals surface area (Å²) in [5, 5.41) is 4.47. The molecule has 2 aromatic rings. The molecule has 0 saturated heterocycles. The van der Waals surface area contributed by atoms with Gasteiger partial charge in [0.1, 0.15) is 11.3 Å². The second-order valence-electron chi connectivity index (χ2n) is 5.71. The average Bonchev–Trinajstić information content (AvgIpc) is 3.14. The summed E-state index contributed by atoms with van der Waals surface area (Å²) in [7, 11) is 4.20. The van der Waals surface area contributed by atoms with Crippen molar-refractivity contribution in [2.75, 3.05) is 19.5 Å². The maximum atomic E-state index is 5.92. The number of halogens is 1. The lowest BCUT2D eigenvalue weighted by molar-refractivity contribution is 0.308. The number of alkyl halides is 1. The van der Waals surface area contributed by atoms with Gasteiger partial charge in [-0.2, -0.15) is 5.10 Å². The van der Waals surface area contributed by atoms with Gasteiger partial charge in [0.2, 0.25) is 0 Å². The molecule has 0 unspecified atom stereocenters. The Hall–Kier alpha value is -1.07. The predicted octanol–water partition coefficient (Wildman–Crippen LogP) is 1.95. The van der Waals surface area contributed by atoms with Crippen LogP contribution in [0.15, 0.2) is 0 Å². The van der Waals surface area contributed by atoms with E-state index >= 15 is 0 Å². The molecule has 1 aliphatic rings. The summed E-state index contributed by atoms with van der Waals surface area (Å²) in [6.07, 6.45) is 3.49. The minimum absolute atomic E-state index is 0.605. The summed E-state index contributed by atoms with van der Waals surface area (Å²) in [6.45, 7) is 4.02. The van der Waals surface area contributed by atoms with E-state index in [1.165, 1.54) is 12.8 Å². The zero-order valence-electron chi connectivity index (χ0n) is 12.4. The molecule has 0 amide bonds. The highest BCUT2D eigenvalue weighted by molar-refractivity contribution is 6.17. The summed E-state index contributed by atoms with van der Waals surface area (Å²) in [5.74, 6) is 1.68. The van der Waals surface area contributed by atoms with E-state index in [1.54, 1.807) is 0 Å². The molecular formula is C14H22ClN5. The average molecular weight is 296 g/mol. The van der Waals surface area contributed by atoms with E-state index in [2.05, 4.69) is 21.6 Å². The Kier molecular flexibility index (Phi) is 3.73. The van der Waals surface area contributed by atoms with Crippen molar-refractivity contribution in [3.05, 3.63) is 11.5 Å². The van der Waals surface area contributed by atoms with Crippen molar-refractivity contribution in [2.45, 2.75) is 38.8 Å². The van der Waals surface area contributed by atoms with Gasteiger partial charge in [0.15, 0.2) is 5.65 Å². The van der Waals surface area contributed by atoms with Crippen molar-refractivity contribution in [3.8, 4) is 0 Å². The third-order valence-corrected chi connectivity index (χ3v) is 4.32. The quantitative estimate of drug-likeness (QED) is 0.765. The van der Waals surface area contributed by atoms with Crippen molar-refractivity contribution >= 4 is 22.8 Å². The van der Waals surface area contributed by atoms with Gasteiger partial charge in [0, 0.05) is 38.5 Å². The van der Waals surface area contributed by atoms with Crippen LogP contribution in [0.25, 0.3) is 11.2 Å². The Balaban J connectivity index is 1.90. The van der Waals surface area contributed by atoms with Crippen LogP contribution in [0.1, 0.15) is 24.4 Å². The highest BCUT2D eigenvalue weighted by atomic mass is 35.5. The normalized spacial score (nSPS) is 15.7. The molecule has 1 saturated carbocycles. The molecule has 0 bridgehead atoms. The maximum absolute atomic E-state index is 5.92. The third kappa shape index (κ3) is 2.44. The van der Waals surface area contributed by atoms with E-state index < -0.39 is 0 Å². The van der Waals surface area contributed by atoms with Gasteiger partial charge in [-0.3, -0.25) is 4.68 Å². The van der Waals surface area contributed by atoms with E-state index in [9.17, 15) is 0 Å². The number of aromatic nitrogens is 4. The van der Waals surface area contributed by atoms with E-state index in [0.717, 1.165) is 48.2 Å². The highest BCUT2D eigenvalue weighted by Gasteiger charge is 2.26.